The van der Waals surface area contributed by atoms with Crippen molar-refractivity contribution in [1.82, 2.24) is 9.55 Å². The Morgan fingerprint density at radius 2 is 1.90 bits per heavy atom. The van der Waals surface area contributed by atoms with Crippen LogP contribution in [0.2, 0.25) is 0 Å². The molecule has 3 rings (SSSR count). The molecule has 0 saturated heterocycles. The van der Waals surface area contributed by atoms with E-state index in [0.29, 0.717) is 16.7 Å². The lowest BCUT2D eigenvalue weighted by Crippen LogP contribution is -2.36. The summed E-state index contributed by atoms with van der Waals surface area (Å²) < 4.78 is 19.4. The second-order valence-corrected chi connectivity index (χ2v) is 6.26. The SMILES string of the molecule is N#CCCN(C(=O)COC(=O)Cn1c(=O)cnc2ccccc21)c1ccc(F)cc1. The van der Waals surface area contributed by atoms with E-state index in [1.165, 1.54) is 33.7 Å². The van der Waals surface area contributed by atoms with Gasteiger partial charge < -0.3 is 9.64 Å². The average molecular weight is 408 g/mol. The summed E-state index contributed by atoms with van der Waals surface area (Å²) >= 11 is 0. The molecule has 1 heterocycles. The molecule has 30 heavy (non-hydrogen) atoms. The Bertz CT molecular complexity index is 1170. The predicted octanol–water partition coefficient (Wildman–Crippen LogP) is 2.03. The lowest BCUT2D eigenvalue weighted by atomic mass is 10.2. The molecule has 0 N–H and O–H groups in total. The second kappa shape index (κ2) is 9.43. The summed E-state index contributed by atoms with van der Waals surface area (Å²) in [5.41, 5.74) is 0.915. The largest absolute Gasteiger partial charge is 0.454 e. The van der Waals surface area contributed by atoms with E-state index >= 15 is 0 Å². The van der Waals surface area contributed by atoms with E-state index < -0.39 is 29.9 Å². The first kappa shape index (κ1) is 20.7. The zero-order valence-electron chi connectivity index (χ0n) is 15.8. The number of benzene rings is 2. The number of nitrogens with zero attached hydrogens (tertiary/aromatic N) is 4. The Kier molecular flexibility index (Phi) is 6.49. The highest BCUT2D eigenvalue weighted by atomic mass is 19.1. The number of carbonyl (C=O) groups is 2. The van der Waals surface area contributed by atoms with E-state index in [2.05, 4.69) is 4.98 Å². The Hall–Kier alpha value is -4.06. The van der Waals surface area contributed by atoms with Crippen LogP contribution >= 0.6 is 0 Å². The monoisotopic (exact) mass is 408 g/mol. The summed E-state index contributed by atoms with van der Waals surface area (Å²) in [5.74, 6) is -1.81. The molecular formula is C21H17FN4O4. The molecule has 0 bridgehead atoms. The number of amides is 1. The van der Waals surface area contributed by atoms with Gasteiger partial charge in [-0.1, -0.05) is 12.1 Å². The number of esters is 1. The van der Waals surface area contributed by atoms with Crippen molar-refractivity contribution >= 4 is 28.6 Å². The molecule has 0 radical (unpaired) electrons. The van der Waals surface area contributed by atoms with Crippen LogP contribution < -0.4 is 10.5 Å². The molecule has 0 aliphatic rings. The van der Waals surface area contributed by atoms with Crippen molar-refractivity contribution in [3.8, 4) is 6.07 Å². The molecule has 0 fully saturated rings. The number of ether oxygens (including phenoxy) is 1. The summed E-state index contributed by atoms with van der Waals surface area (Å²) in [5, 5.41) is 8.81. The Morgan fingerprint density at radius 3 is 2.63 bits per heavy atom. The molecule has 8 nitrogen and oxygen atoms in total. The number of hydrogen-bond donors (Lipinski definition) is 0. The predicted molar refractivity (Wildman–Crippen MR) is 106 cm³/mol. The van der Waals surface area contributed by atoms with Crippen molar-refractivity contribution < 1.29 is 18.7 Å². The first-order valence-corrected chi connectivity index (χ1v) is 9.02. The normalized spacial score (nSPS) is 10.4. The Morgan fingerprint density at radius 1 is 1.17 bits per heavy atom. The van der Waals surface area contributed by atoms with Crippen LogP contribution in [0.5, 0.6) is 0 Å². The smallest absolute Gasteiger partial charge is 0.326 e. The average Bonchev–Trinajstić information content (AvgIpc) is 2.75. The molecule has 3 aromatic rings. The van der Waals surface area contributed by atoms with Crippen molar-refractivity contribution in [2.24, 2.45) is 0 Å². The van der Waals surface area contributed by atoms with Gasteiger partial charge in [0.1, 0.15) is 12.4 Å². The van der Waals surface area contributed by atoms with Crippen LogP contribution in [-0.4, -0.2) is 34.6 Å². The number of halogens is 1. The van der Waals surface area contributed by atoms with Crippen LogP contribution in [0.4, 0.5) is 10.1 Å². The van der Waals surface area contributed by atoms with E-state index in [4.69, 9.17) is 10.00 Å². The third-order valence-electron chi connectivity index (χ3n) is 4.28. The van der Waals surface area contributed by atoms with E-state index in [-0.39, 0.29) is 19.5 Å². The van der Waals surface area contributed by atoms with Gasteiger partial charge in [0.2, 0.25) is 0 Å². The van der Waals surface area contributed by atoms with Crippen molar-refractivity contribution in [2.75, 3.05) is 18.1 Å². The van der Waals surface area contributed by atoms with Gasteiger partial charge in [-0.2, -0.15) is 5.26 Å². The number of para-hydroxylation sites is 2. The molecule has 0 atom stereocenters. The van der Waals surface area contributed by atoms with E-state index in [9.17, 15) is 18.8 Å². The summed E-state index contributed by atoms with van der Waals surface area (Å²) in [6.45, 7) is -0.906. The van der Waals surface area contributed by atoms with Crippen LogP contribution in [0.1, 0.15) is 6.42 Å². The second-order valence-electron chi connectivity index (χ2n) is 6.26. The Labute approximate surface area is 170 Å². The number of carbonyl (C=O) groups excluding carboxylic acids is 2. The van der Waals surface area contributed by atoms with E-state index in [1.54, 1.807) is 24.3 Å². The zero-order valence-corrected chi connectivity index (χ0v) is 15.8. The van der Waals surface area contributed by atoms with Gasteiger partial charge in [0, 0.05) is 12.2 Å². The van der Waals surface area contributed by atoms with Crippen molar-refractivity contribution in [3.63, 3.8) is 0 Å². The van der Waals surface area contributed by atoms with Crippen LogP contribution in [0.3, 0.4) is 0 Å². The van der Waals surface area contributed by atoms with Crippen LogP contribution in [0.25, 0.3) is 11.0 Å². The number of rotatable bonds is 7. The summed E-state index contributed by atoms with van der Waals surface area (Å²) in [6.07, 6.45) is 1.16. The molecular weight excluding hydrogens is 391 g/mol. The van der Waals surface area contributed by atoms with Gasteiger partial charge >= 0.3 is 5.97 Å². The minimum atomic E-state index is -0.777. The molecule has 0 aliphatic carbocycles. The standard InChI is InChI=1S/C21H17FN4O4/c22-15-6-8-16(9-7-15)25(11-3-10-23)20(28)14-30-21(29)13-26-18-5-2-1-4-17(18)24-12-19(26)27/h1-2,4-9,12H,3,11,13-14H2. The van der Waals surface area contributed by atoms with Crippen LogP contribution in [0.15, 0.2) is 59.5 Å². The Balaban J connectivity index is 1.69. The summed E-state index contributed by atoms with van der Waals surface area (Å²) in [4.78, 5) is 42.2. The minimum absolute atomic E-state index is 0.0511. The number of anilines is 1. The van der Waals surface area contributed by atoms with Gasteiger partial charge in [0.15, 0.2) is 6.61 Å². The molecule has 1 amide bonds. The maximum absolute atomic E-state index is 13.2. The first-order chi connectivity index (χ1) is 14.5. The number of nitriles is 1. The number of fused-ring (bicyclic) bond motifs is 1. The fourth-order valence-corrected chi connectivity index (χ4v) is 2.85. The number of aromatic nitrogens is 2. The highest BCUT2D eigenvalue weighted by Gasteiger charge is 2.18. The van der Waals surface area contributed by atoms with Gasteiger partial charge in [0.25, 0.3) is 11.5 Å². The van der Waals surface area contributed by atoms with Gasteiger partial charge in [-0.05, 0) is 36.4 Å². The highest BCUT2D eigenvalue weighted by Crippen LogP contribution is 2.16. The van der Waals surface area contributed by atoms with Gasteiger partial charge in [0.05, 0.1) is 29.7 Å². The molecule has 152 valence electrons. The maximum Gasteiger partial charge on any atom is 0.326 e. The fourth-order valence-electron chi connectivity index (χ4n) is 2.85. The first-order valence-electron chi connectivity index (χ1n) is 9.02. The minimum Gasteiger partial charge on any atom is -0.454 e. The van der Waals surface area contributed by atoms with Crippen molar-refractivity contribution in [1.29, 1.82) is 5.26 Å². The van der Waals surface area contributed by atoms with Crippen LogP contribution in [-0.2, 0) is 20.9 Å². The molecule has 0 spiro atoms. The molecule has 0 saturated carbocycles. The third-order valence-corrected chi connectivity index (χ3v) is 4.28. The van der Waals surface area contributed by atoms with Gasteiger partial charge in [-0.3, -0.25) is 19.0 Å². The third kappa shape index (κ3) is 4.86. The molecule has 9 heteroatoms. The topological polar surface area (TPSA) is 105 Å². The molecule has 0 unspecified atom stereocenters. The van der Waals surface area contributed by atoms with Gasteiger partial charge in [-0.25, -0.2) is 9.37 Å². The zero-order chi connectivity index (χ0) is 21.5. The number of hydrogen-bond acceptors (Lipinski definition) is 6. The summed E-state index contributed by atoms with van der Waals surface area (Å²) in [6, 6.07) is 13.9. The quantitative estimate of drug-likeness (QED) is 0.554. The lowest BCUT2D eigenvalue weighted by molar-refractivity contribution is -0.148. The lowest BCUT2D eigenvalue weighted by Gasteiger charge is -2.21. The maximum atomic E-state index is 13.2. The fraction of sp³-hybridized carbons (Fsp3) is 0.190. The van der Waals surface area contributed by atoms with E-state index in [1.807, 2.05) is 6.07 Å². The highest BCUT2D eigenvalue weighted by molar-refractivity contribution is 5.95. The van der Waals surface area contributed by atoms with Crippen molar-refractivity contribution in [2.45, 2.75) is 13.0 Å². The van der Waals surface area contributed by atoms with Crippen molar-refractivity contribution in [3.05, 3.63) is 70.9 Å². The molecule has 1 aromatic heterocycles. The molecule has 0 aliphatic heterocycles. The van der Waals surface area contributed by atoms with Gasteiger partial charge in [-0.15, -0.1) is 0 Å². The molecule has 2 aromatic carbocycles. The van der Waals surface area contributed by atoms with Crippen LogP contribution in [0, 0.1) is 17.1 Å². The summed E-state index contributed by atoms with van der Waals surface area (Å²) in [7, 11) is 0. The van der Waals surface area contributed by atoms with E-state index in [0.717, 1.165) is 6.20 Å².